The monoisotopic (exact) mass is 350 g/mol. The Morgan fingerprint density at radius 1 is 1.08 bits per heavy atom. The average Bonchev–Trinajstić information content (AvgIpc) is 2.54. The number of hydrogen-bond acceptors (Lipinski definition) is 4. The predicted molar refractivity (Wildman–Crippen MR) is 95.6 cm³/mol. The first-order valence-corrected chi connectivity index (χ1v) is 8.56. The number of likely N-dealkylation sites (N-methyl/N-ethyl adjacent to an activating group) is 1. The molecular weight excluding hydrogens is 322 g/mol. The summed E-state index contributed by atoms with van der Waals surface area (Å²) >= 11 is 0. The smallest absolute Gasteiger partial charge is 0.414 e. The van der Waals surface area contributed by atoms with Gasteiger partial charge in [-0.1, -0.05) is 32.0 Å². The third-order valence-corrected chi connectivity index (χ3v) is 3.69. The number of imide groups is 1. The van der Waals surface area contributed by atoms with Gasteiger partial charge in [-0.25, -0.2) is 4.79 Å². The molecule has 0 radical (unpaired) electrons. The van der Waals surface area contributed by atoms with Crippen molar-refractivity contribution in [3.63, 3.8) is 0 Å². The zero-order chi connectivity index (χ0) is 18.8. The zero-order valence-corrected chi connectivity index (χ0v) is 15.3. The molecule has 0 saturated carbocycles. The summed E-state index contributed by atoms with van der Waals surface area (Å²) in [5, 5.41) is 5.05. The molecule has 1 aromatic carbocycles. The van der Waals surface area contributed by atoms with Gasteiger partial charge in [-0.05, 0) is 31.4 Å². The van der Waals surface area contributed by atoms with Gasteiger partial charge in [0.15, 0.2) is 13.1 Å². The van der Waals surface area contributed by atoms with Crippen LogP contribution in [0.15, 0.2) is 24.3 Å². The number of alkyl carbamates (subject to hydrolysis) is 1. The summed E-state index contributed by atoms with van der Waals surface area (Å²) in [6, 6.07) is 7.66. The van der Waals surface area contributed by atoms with Crippen LogP contribution in [0.2, 0.25) is 0 Å². The van der Waals surface area contributed by atoms with Crippen LogP contribution in [-0.4, -0.2) is 44.1 Å². The van der Waals surface area contributed by atoms with E-state index in [1.807, 2.05) is 31.2 Å². The van der Waals surface area contributed by atoms with Gasteiger partial charge in [0.2, 0.25) is 0 Å². The van der Waals surface area contributed by atoms with Gasteiger partial charge in [-0.15, -0.1) is 0 Å². The molecule has 1 aromatic rings. The number of nitrogens with one attached hydrogen (secondary N) is 3. The number of benzene rings is 1. The van der Waals surface area contributed by atoms with E-state index < -0.39 is 12.0 Å². The first-order chi connectivity index (χ1) is 11.9. The number of anilines is 1. The van der Waals surface area contributed by atoms with Crippen molar-refractivity contribution in [2.24, 2.45) is 0 Å². The number of rotatable bonds is 8. The molecule has 0 aliphatic rings. The standard InChI is InChI=1S/C18H27N3O4/c1-5-21(12-17(23)20-18(24)25-6-2)11-16(22)19-15-10-8-7-9-14(15)13(3)4/h7-10,13H,5-6,11-12H2,1-4H3,(H,19,22)(H,20,23,24)/p+1. The van der Waals surface area contributed by atoms with E-state index in [1.54, 1.807) is 6.92 Å². The first kappa shape index (κ1) is 20.6. The molecule has 1 unspecified atom stereocenters. The van der Waals surface area contributed by atoms with Gasteiger partial charge in [-0.2, -0.15) is 0 Å². The summed E-state index contributed by atoms with van der Waals surface area (Å²) < 4.78 is 4.66. The van der Waals surface area contributed by atoms with Crippen LogP contribution in [0.25, 0.3) is 0 Å². The molecule has 25 heavy (non-hydrogen) atoms. The van der Waals surface area contributed by atoms with Crippen molar-refractivity contribution in [1.29, 1.82) is 0 Å². The molecular formula is C18H28N3O4+. The lowest BCUT2D eigenvalue weighted by Crippen LogP contribution is -3.14. The summed E-state index contributed by atoms with van der Waals surface area (Å²) in [7, 11) is 0. The van der Waals surface area contributed by atoms with E-state index in [9.17, 15) is 14.4 Å². The molecule has 0 saturated heterocycles. The van der Waals surface area contributed by atoms with Gasteiger partial charge in [-0.3, -0.25) is 14.9 Å². The van der Waals surface area contributed by atoms with Gasteiger partial charge in [0.1, 0.15) is 0 Å². The molecule has 7 nitrogen and oxygen atoms in total. The Bertz CT molecular complexity index is 602. The molecule has 0 spiro atoms. The molecule has 0 aromatic heterocycles. The van der Waals surface area contributed by atoms with Gasteiger partial charge < -0.3 is 15.0 Å². The van der Waals surface area contributed by atoms with E-state index in [4.69, 9.17) is 0 Å². The number of hydrogen-bond donors (Lipinski definition) is 3. The summed E-state index contributed by atoms with van der Waals surface area (Å²) in [6.07, 6.45) is -0.765. The van der Waals surface area contributed by atoms with Crippen LogP contribution in [0.1, 0.15) is 39.2 Å². The quantitative estimate of drug-likeness (QED) is 0.651. The molecule has 0 fully saturated rings. The Kier molecular flexibility index (Phi) is 8.63. The third-order valence-electron chi connectivity index (χ3n) is 3.69. The second-order valence-electron chi connectivity index (χ2n) is 6.02. The largest absolute Gasteiger partial charge is 0.450 e. The lowest BCUT2D eigenvalue weighted by molar-refractivity contribution is -0.881. The van der Waals surface area contributed by atoms with E-state index >= 15 is 0 Å². The summed E-state index contributed by atoms with van der Waals surface area (Å²) in [4.78, 5) is 36.1. The fourth-order valence-corrected chi connectivity index (χ4v) is 2.40. The minimum atomic E-state index is -0.765. The van der Waals surface area contributed by atoms with Crippen LogP contribution in [0.5, 0.6) is 0 Å². The van der Waals surface area contributed by atoms with Crippen LogP contribution >= 0.6 is 0 Å². The topological polar surface area (TPSA) is 88.9 Å². The lowest BCUT2D eigenvalue weighted by Gasteiger charge is -2.18. The maximum Gasteiger partial charge on any atom is 0.414 e. The Morgan fingerprint density at radius 3 is 2.32 bits per heavy atom. The average molecular weight is 350 g/mol. The Balaban J connectivity index is 2.59. The second-order valence-corrected chi connectivity index (χ2v) is 6.02. The molecule has 138 valence electrons. The minimum absolute atomic E-state index is 0.0224. The molecule has 0 aliphatic heterocycles. The molecule has 7 heteroatoms. The fourth-order valence-electron chi connectivity index (χ4n) is 2.40. The van der Waals surface area contributed by atoms with Crippen molar-refractivity contribution in [3.8, 4) is 0 Å². The highest BCUT2D eigenvalue weighted by Gasteiger charge is 2.19. The zero-order valence-electron chi connectivity index (χ0n) is 15.3. The van der Waals surface area contributed by atoms with Gasteiger partial charge in [0, 0.05) is 5.69 Å². The maximum absolute atomic E-state index is 12.3. The van der Waals surface area contributed by atoms with Crippen molar-refractivity contribution in [2.75, 3.05) is 31.6 Å². The number of para-hydroxylation sites is 1. The molecule has 0 bridgehead atoms. The van der Waals surface area contributed by atoms with Crippen molar-refractivity contribution in [1.82, 2.24) is 5.32 Å². The van der Waals surface area contributed by atoms with E-state index in [0.717, 1.165) is 16.2 Å². The summed E-state index contributed by atoms with van der Waals surface area (Å²) in [5.41, 5.74) is 1.85. The molecule has 3 N–H and O–H groups in total. The second kappa shape index (κ2) is 10.5. The summed E-state index contributed by atoms with van der Waals surface area (Å²) in [6.45, 7) is 8.60. The van der Waals surface area contributed by atoms with Crippen molar-refractivity contribution < 1.29 is 24.0 Å². The SMILES string of the molecule is CCOC(=O)NC(=O)C[NH+](CC)CC(=O)Nc1ccccc1C(C)C. The third kappa shape index (κ3) is 7.34. The Morgan fingerprint density at radius 2 is 1.72 bits per heavy atom. The van der Waals surface area contributed by atoms with Crippen LogP contribution in [0, 0.1) is 0 Å². The molecule has 0 heterocycles. The number of ether oxygens (including phenoxy) is 1. The van der Waals surface area contributed by atoms with Crippen LogP contribution in [0.3, 0.4) is 0 Å². The molecule has 1 atom stereocenters. The van der Waals surface area contributed by atoms with Crippen LogP contribution in [0.4, 0.5) is 10.5 Å². The van der Waals surface area contributed by atoms with E-state index in [1.165, 1.54) is 0 Å². The molecule has 1 rings (SSSR count). The fraction of sp³-hybridized carbons (Fsp3) is 0.500. The molecule has 0 aliphatic carbocycles. The highest BCUT2D eigenvalue weighted by Crippen LogP contribution is 2.23. The normalized spacial score (nSPS) is 11.7. The number of carbonyl (C=O) groups is 3. The number of carbonyl (C=O) groups excluding carboxylic acids is 3. The number of quaternary nitrogens is 1. The van der Waals surface area contributed by atoms with Crippen molar-refractivity contribution in [3.05, 3.63) is 29.8 Å². The molecule has 3 amide bonds. The number of amides is 3. The lowest BCUT2D eigenvalue weighted by atomic mass is 10.0. The van der Waals surface area contributed by atoms with Gasteiger partial charge in [0.25, 0.3) is 11.8 Å². The Labute approximate surface area is 148 Å². The highest BCUT2D eigenvalue weighted by molar-refractivity contribution is 5.93. The van der Waals surface area contributed by atoms with Gasteiger partial charge >= 0.3 is 6.09 Å². The highest BCUT2D eigenvalue weighted by atomic mass is 16.5. The van der Waals surface area contributed by atoms with Crippen molar-refractivity contribution >= 4 is 23.6 Å². The Hall–Kier alpha value is -2.41. The van der Waals surface area contributed by atoms with E-state index in [0.29, 0.717) is 12.5 Å². The van der Waals surface area contributed by atoms with E-state index in [-0.39, 0.29) is 25.6 Å². The predicted octanol–water partition coefficient (Wildman–Crippen LogP) is 0.926. The summed E-state index contributed by atoms with van der Waals surface area (Å²) in [5.74, 6) is -0.346. The van der Waals surface area contributed by atoms with E-state index in [2.05, 4.69) is 29.2 Å². The first-order valence-electron chi connectivity index (χ1n) is 8.56. The van der Waals surface area contributed by atoms with Gasteiger partial charge in [0.05, 0.1) is 13.2 Å². The minimum Gasteiger partial charge on any atom is -0.450 e. The van der Waals surface area contributed by atoms with Crippen LogP contribution in [-0.2, 0) is 14.3 Å². The maximum atomic E-state index is 12.3. The van der Waals surface area contributed by atoms with Crippen molar-refractivity contribution in [2.45, 2.75) is 33.6 Å². The van der Waals surface area contributed by atoms with Crippen LogP contribution < -0.4 is 15.5 Å².